The summed E-state index contributed by atoms with van der Waals surface area (Å²) in [4.78, 5) is 1.12. The highest BCUT2D eigenvalue weighted by Crippen LogP contribution is 2.39. The van der Waals surface area contributed by atoms with Gasteiger partial charge in [-0.05, 0) is 36.1 Å². The van der Waals surface area contributed by atoms with Gasteiger partial charge in [0.25, 0.3) is 0 Å². The van der Waals surface area contributed by atoms with Crippen LogP contribution >= 0.6 is 22.9 Å². The van der Waals surface area contributed by atoms with Gasteiger partial charge in [0.15, 0.2) is 0 Å². The lowest BCUT2D eigenvalue weighted by Gasteiger charge is -2.06. The fraction of sp³-hybridized carbons (Fsp3) is 0.133. The van der Waals surface area contributed by atoms with Gasteiger partial charge < -0.3 is 5.73 Å². The van der Waals surface area contributed by atoms with Gasteiger partial charge in [0.1, 0.15) is 11.5 Å². The van der Waals surface area contributed by atoms with Crippen LogP contribution < -0.4 is 5.73 Å². The first-order valence-electron chi connectivity index (χ1n) is 6.21. The van der Waals surface area contributed by atoms with Gasteiger partial charge in [0, 0.05) is 22.5 Å². The summed E-state index contributed by atoms with van der Waals surface area (Å²) >= 11 is 7.69. The molecule has 1 aromatic carbocycles. The molecule has 0 saturated heterocycles. The zero-order valence-electron chi connectivity index (χ0n) is 11.2. The van der Waals surface area contributed by atoms with Crippen LogP contribution in [0.3, 0.4) is 0 Å². The van der Waals surface area contributed by atoms with Crippen LogP contribution in [-0.4, -0.2) is 9.78 Å². The first-order valence-corrected chi connectivity index (χ1v) is 7.46. The molecule has 0 aliphatic rings. The third-order valence-electron chi connectivity index (χ3n) is 3.30. The second-order valence-corrected chi connectivity index (χ2v) is 6.05. The van der Waals surface area contributed by atoms with Gasteiger partial charge in [-0.2, -0.15) is 5.10 Å². The second-order valence-electron chi connectivity index (χ2n) is 4.67. The number of nitrogens with two attached hydrogens (primary N) is 1. The highest BCUT2D eigenvalue weighted by atomic mass is 35.5. The summed E-state index contributed by atoms with van der Waals surface area (Å²) in [6.45, 7) is 2.03. The predicted octanol–water partition coefficient (Wildman–Crippen LogP) is 4.36. The maximum absolute atomic E-state index is 6.19. The molecule has 0 unspecified atom stereocenters. The summed E-state index contributed by atoms with van der Waals surface area (Å²) in [6.07, 6.45) is 0. The molecule has 2 N–H and O–H groups in total. The molecule has 5 heteroatoms. The number of benzene rings is 1. The molecular formula is C15H14ClN3S. The Balaban J connectivity index is 2.27. The smallest absolute Gasteiger partial charge is 0.130 e. The van der Waals surface area contributed by atoms with Crippen molar-refractivity contribution in [1.29, 1.82) is 0 Å². The molecule has 0 fully saturated rings. The summed E-state index contributed by atoms with van der Waals surface area (Å²) in [6, 6.07) is 9.90. The zero-order valence-corrected chi connectivity index (χ0v) is 12.8. The number of halogens is 1. The lowest BCUT2D eigenvalue weighted by Crippen LogP contribution is -1.97. The minimum Gasteiger partial charge on any atom is -0.383 e. The molecule has 0 bridgehead atoms. The van der Waals surface area contributed by atoms with Crippen molar-refractivity contribution >= 4 is 28.8 Å². The van der Waals surface area contributed by atoms with Gasteiger partial charge in [0.2, 0.25) is 0 Å². The van der Waals surface area contributed by atoms with Gasteiger partial charge in [-0.1, -0.05) is 23.7 Å². The SMILES string of the molecule is Cc1cc(Cl)ccc1-c1nn(C)c(N)c1-c1cccs1. The van der Waals surface area contributed by atoms with Crippen molar-refractivity contribution in [2.24, 2.45) is 7.05 Å². The van der Waals surface area contributed by atoms with Crippen molar-refractivity contribution < 1.29 is 0 Å². The molecule has 20 heavy (non-hydrogen) atoms. The van der Waals surface area contributed by atoms with Crippen molar-refractivity contribution in [1.82, 2.24) is 9.78 Å². The van der Waals surface area contributed by atoms with Crippen LogP contribution in [0, 0.1) is 6.92 Å². The van der Waals surface area contributed by atoms with Crippen molar-refractivity contribution in [2.75, 3.05) is 5.73 Å². The maximum atomic E-state index is 6.19. The van der Waals surface area contributed by atoms with Gasteiger partial charge in [-0.15, -0.1) is 11.3 Å². The van der Waals surface area contributed by atoms with Crippen molar-refractivity contribution in [3.63, 3.8) is 0 Å². The first kappa shape index (κ1) is 13.2. The highest BCUT2D eigenvalue weighted by Gasteiger charge is 2.19. The molecule has 0 spiro atoms. The van der Waals surface area contributed by atoms with Crippen LogP contribution in [0.15, 0.2) is 35.7 Å². The quantitative estimate of drug-likeness (QED) is 0.764. The Labute approximate surface area is 126 Å². The fourth-order valence-corrected chi connectivity index (χ4v) is 3.29. The molecule has 2 aromatic heterocycles. The topological polar surface area (TPSA) is 43.8 Å². The van der Waals surface area contributed by atoms with E-state index >= 15 is 0 Å². The van der Waals surface area contributed by atoms with E-state index in [0.29, 0.717) is 5.82 Å². The van der Waals surface area contributed by atoms with E-state index in [1.54, 1.807) is 16.0 Å². The Hall–Kier alpha value is -1.78. The molecule has 102 valence electrons. The number of anilines is 1. The van der Waals surface area contributed by atoms with E-state index in [0.717, 1.165) is 32.3 Å². The van der Waals surface area contributed by atoms with Crippen molar-refractivity contribution in [3.8, 4) is 21.7 Å². The van der Waals surface area contributed by atoms with Gasteiger partial charge in [-0.3, -0.25) is 4.68 Å². The largest absolute Gasteiger partial charge is 0.383 e. The summed E-state index contributed by atoms with van der Waals surface area (Å²) in [5, 5.41) is 7.35. The normalized spacial score (nSPS) is 10.9. The first-order chi connectivity index (χ1) is 9.58. The van der Waals surface area contributed by atoms with Crippen LogP contribution in [-0.2, 0) is 7.05 Å². The van der Waals surface area contributed by atoms with Crippen LogP contribution in [0.1, 0.15) is 5.56 Å². The molecule has 0 aliphatic carbocycles. The molecule has 2 heterocycles. The molecule has 0 atom stereocenters. The van der Waals surface area contributed by atoms with Crippen molar-refractivity contribution in [3.05, 3.63) is 46.3 Å². The minimum atomic E-state index is 0.678. The highest BCUT2D eigenvalue weighted by molar-refractivity contribution is 7.13. The lowest BCUT2D eigenvalue weighted by molar-refractivity contribution is 0.782. The van der Waals surface area contributed by atoms with Crippen LogP contribution in [0.25, 0.3) is 21.7 Å². The number of hydrogen-bond acceptors (Lipinski definition) is 3. The zero-order chi connectivity index (χ0) is 14.3. The Morgan fingerprint density at radius 2 is 2.10 bits per heavy atom. The van der Waals surface area contributed by atoms with E-state index in [-0.39, 0.29) is 0 Å². The van der Waals surface area contributed by atoms with Crippen LogP contribution in [0.2, 0.25) is 5.02 Å². The standard InChI is InChI=1S/C15H14ClN3S/c1-9-8-10(16)5-6-11(9)14-13(12-4-3-7-20-12)15(17)19(2)18-14/h3-8H,17H2,1-2H3. The summed E-state index contributed by atoms with van der Waals surface area (Å²) in [5.41, 5.74) is 10.2. The minimum absolute atomic E-state index is 0.678. The van der Waals surface area contributed by atoms with E-state index in [2.05, 4.69) is 11.2 Å². The van der Waals surface area contributed by atoms with E-state index in [9.17, 15) is 0 Å². The molecule has 0 saturated carbocycles. The van der Waals surface area contributed by atoms with Gasteiger partial charge in [0.05, 0.1) is 5.56 Å². The number of hydrogen-bond donors (Lipinski definition) is 1. The maximum Gasteiger partial charge on any atom is 0.130 e. The van der Waals surface area contributed by atoms with E-state index in [1.165, 1.54) is 0 Å². The van der Waals surface area contributed by atoms with Crippen LogP contribution in [0.5, 0.6) is 0 Å². The van der Waals surface area contributed by atoms with E-state index < -0.39 is 0 Å². The summed E-state index contributed by atoms with van der Waals surface area (Å²) < 4.78 is 1.72. The summed E-state index contributed by atoms with van der Waals surface area (Å²) in [5.74, 6) is 0.678. The average Bonchev–Trinajstić information content (AvgIpc) is 2.99. The molecule has 3 aromatic rings. The van der Waals surface area contributed by atoms with E-state index in [4.69, 9.17) is 17.3 Å². The third-order valence-corrected chi connectivity index (χ3v) is 4.43. The van der Waals surface area contributed by atoms with Gasteiger partial charge >= 0.3 is 0 Å². The number of aryl methyl sites for hydroxylation is 2. The second kappa shape index (κ2) is 4.96. The predicted molar refractivity (Wildman–Crippen MR) is 86.1 cm³/mol. The fourth-order valence-electron chi connectivity index (χ4n) is 2.28. The lowest BCUT2D eigenvalue weighted by atomic mass is 10.0. The molecule has 0 radical (unpaired) electrons. The van der Waals surface area contributed by atoms with Crippen LogP contribution in [0.4, 0.5) is 5.82 Å². The van der Waals surface area contributed by atoms with Crippen molar-refractivity contribution in [2.45, 2.75) is 6.92 Å². The summed E-state index contributed by atoms with van der Waals surface area (Å²) in [7, 11) is 1.86. The Kier molecular flexibility index (Phi) is 3.28. The molecule has 0 amide bonds. The third kappa shape index (κ3) is 2.11. The number of nitrogens with zero attached hydrogens (tertiary/aromatic N) is 2. The average molecular weight is 304 g/mol. The molecule has 3 nitrogen and oxygen atoms in total. The Morgan fingerprint density at radius 3 is 2.75 bits per heavy atom. The van der Waals surface area contributed by atoms with E-state index in [1.807, 2.05) is 43.6 Å². The molecular weight excluding hydrogens is 290 g/mol. The molecule has 3 rings (SSSR count). The Morgan fingerprint density at radius 1 is 1.30 bits per heavy atom. The number of rotatable bonds is 2. The Bertz CT molecular complexity index is 760. The molecule has 0 aliphatic heterocycles. The van der Waals surface area contributed by atoms with Gasteiger partial charge in [-0.25, -0.2) is 0 Å². The number of thiophene rings is 1. The monoisotopic (exact) mass is 303 g/mol. The number of aromatic nitrogens is 2. The number of nitrogen functional groups attached to an aromatic ring is 1.